The van der Waals surface area contributed by atoms with Gasteiger partial charge in [-0.3, -0.25) is 4.79 Å². The molecule has 5 heteroatoms. The molecule has 0 N–H and O–H groups in total. The molecule has 3 nitrogen and oxygen atoms in total. The lowest BCUT2D eigenvalue weighted by Crippen LogP contribution is -2.51. The van der Waals surface area contributed by atoms with Crippen molar-refractivity contribution < 1.29 is 4.79 Å². The van der Waals surface area contributed by atoms with Crippen LogP contribution in [0.5, 0.6) is 0 Å². The van der Waals surface area contributed by atoms with E-state index >= 15 is 0 Å². The number of nitrogens with zero attached hydrogens (tertiary/aromatic N) is 2. The zero-order valence-corrected chi connectivity index (χ0v) is 18.4. The number of piperazine rings is 1. The summed E-state index contributed by atoms with van der Waals surface area (Å²) in [7, 11) is 0. The van der Waals surface area contributed by atoms with Gasteiger partial charge in [0.15, 0.2) is 0 Å². The van der Waals surface area contributed by atoms with Crippen LogP contribution in [0.3, 0.4) is 0 Å². The highest BCUT2D eigenvalue weighted by Gasteiger charge is 2.31. The second-order valence-corrected chi connectivity index (χ2v) is 8.56. The van der Waals surface area contributed by atoms with Crippen molar-refractivity contribution in [1.82, 2.24) is 4.90 Å². The Hall–Kier alpha value is -2.49. The standard InChI is InChI=1S/C25H24Cl2N2O/c1-18-7-12-23(22(27)15-18)29-14-13-28(25(30)16-19-5-3-2-4-6-19)17-24(29)20-8-10-21(26)11-9-20/h2-12,15,24H,13-14,16-17H2,1H3/t24-/m0/s1. The SMILES string of the molecule is Cc1ccc(N2CCN(C(=O)Cc3ccccc3)C[C@H]2c2ccc(Cl)cc2)c(Cl)c1. The molecule has 0 aliphatic carbocycles. The average molecular weight is 439 g/mol. The van der Waals surface area contributed by atoms with Crippen molar-refractivity contribution in [2.24, 2.45) is 0 Å². The van der Waals surface area contributed by atoms with E-state index in [1.165, 1.54) is 0 Å². The molecule has 3 aromatic rings. The predicted molar refractivity (Wildman–Crippen MR) is 124 cm³/mol. The van der Waals surface area contributed by atoms with Gasteiger partial charge in [-0.2, -0.15) is 0 Å². The number of carbonyl (C=O) groups excluding carboxylic acids is 1. The second kappa shape index (κ2) is 9.11. The second-order valence-electron chi connectivity index (χ2n) is 7.72. The third kappa shape index (κ3) is 4.63. The van der Waals surface area contributed by atoms with Crippen molar-refractivity contribution in [2.45, 2.75) is 19.4 Å². The highest BCUT2D eigenvalue weighted by molar-refractivity contribution is 6.33. The fourth-order valence-electron chi connectivity index (χ4n) is 4.00. The van der Waals surface area contributed by atoms with Gasteiger partial charge in [0.05, 0.1) is 23.2 Å². The largest absolute Gasteiger partial charge is 0.360 e. The third-order valence-electron chi connectivity index (χ3n) is 5.60. The summed E-state index contributed by atoms with van der Waals surface area (Å²) in [5.41, 5.74) is 4.28. The van der Waals surface area contributed by atoms with Gasteiger partial charge < -0.3 is 9.80 Å². The molecule has 1 saturated heterocycles. The van der Waals surface area contributed by atoms with Crippen molar-refractivity contribution >= 4 is 34.8 Å². The number of rotatable bonds is 4. The van der Waals surface area contributed by atoms with E-state index in [0.29, 0.717) is 24.5 Å². The lowest BCUT2D eigenvalue weighted by atomic mass is 10.00. The first kappa shape index (κ1) is 20.8. The zero-order valence-electron chi connectivity index (χ0n) is 16.9. The molecule has 0 radical (unpaired) electrons. The molecule has 1 heterocycles. The van der Waals surface area contributed by atoms with Crippen LogP contribution in [0.2, 0.25) is 10.0 Å². The van der Waals surface area contributed by atoms with Crippen molar-refractivity contribution in [2.75, 3.05) is 24.5 Å². The molecule has 0 unspecified atom stereocenters. The van der Waals surface area contributed by atoms with Crippen LogP contribution in [-0.2, 0) is 11.2 Å². The predicted octanol–water partition coefficient (Wildman–Crippen LogP) is 5.93. The minimum absolute atomic E-state index is 0.0101. The minimum atomic E-state index is 0.0101. The average Bonchev–Trinajstić information content (AvgIpc) is 2.75. The van der Waals surface area contributed by atoms with Gasteiger partial charge in [-0.1, -0.05) is 71.7 Å². The summed E-state index contributed by atoms with van der Waals surface area (Å²) in [5.74, 6) is 0.148. The van der Waals surface area contributed by atoms with Crippen LogP contribution in [-0.4, -0.2) is 30.4 Å². The molecule has 1 aliphatic heterocycles. The van der Waals surface area contributed by atoms with E-state index < -0.39 is 0 Å². The van der Waals surface area contributed by atoms with E-state index in [4.69, 9.17) is 23.2 Å². The molecule has 1 aliphatic rings. The normalized spacial score (nSPS) is 16.6. The zero-order chi connectivity index (χ0) is 21.1. The molecule has 4 rings (SSSR count). The monoisotopic (exact) mass is 438 g/mol. The molecule has 1 atom stereocenters. The van der Waals surface area contributed by atoms with Crippen LogP contribution in [0.15, 0.2) is 72.8 Å². The summed E-state index contributed by atoms with van der Waals surface area (Å²) in [4.78, 5) is 17.3. The Morgan fingerprint density at radius 3 is 2.40 bits per heavy atom. The minimum Gasteiger partial charge on any atom is -0.360 e. The van der Waals surface area contributed by atoms with Crippen LogP contribution in [0, 0.1) is 6.92 Å². The number of amides is 1. The number of benzene rings is 3. The Morgan fingerprint density at radius 1 is 0.967 bits per heavy atom. The maximum absolute atomic E-state index is 13.0. The van der Waals surface area contributed by atoms with Gasteiger partial charge in [0.25, 0.3) is 0 Å². The summed E-state index contributed by atoms with van der Waals surface area (Å²) in [6.45, 7) is 4.03. The number of anilines is 1. The van der Waals surface area contributed by atoms with Crippen molar-refractivity contribution in [3.63, 3.8) is 0 Å². The molecule has 0 aromatic heterocycles. The molecular weight excluding hydrogens is 415 g/mol. The summed E-state index contributed by atoms with van der Waals surface area (Å²) >= 11 is 12.7. The highest BCUT2D eigenvalue weighted by Crippen LogP contribution is 2.36. The molecular formula is C25H24Cl2N2O. The highest BCUT2D eigenvalue weighted by atomic mass is 35.5. The maximum Gasteiger partial charge on any atom is 0.227 e. The molecule has 0 saturated carbocycles. The first-order chi connectivity index (χ1) is 14.5. The number of hydrogen-bond donors (Lipinski definition) is 0. The Kier molecular flexibility index (Phi) is 6.31. The Morgan fingerprint density at radius 2 is 1.70 bits per heavy atom. The van der Waals surface area contributed by atoms with E-state index in [-0.39, 0.29) is 11.9 Å². The molecule has 1 amide bonds. The molecule has 0 spiro atoms. The fraction of sp³-hybridized carbons (Fsp3) is 0.240. The van der Waals surface area contributed by atoms with Gasteiger partial charge >= 0.3 is 0 Å². The number of carbonyl (C=O) groups is 1. The topological polar surface area (TPSA) is 23.6 Å². The quantitative estimate of drug-likeness (QED) is 0.503. The molecule has 30 heavy (non-hydrogen) atoms. The van der Waals surface area contributed by atoms with Crippen molar-refractivity contribution in [3.05, 3.63) is 99.5 Å². The summed E-state index contributed by atoms with van der Waals surface area (Å²) in [6, 6.07) is 23.9. The summed E-state index contributed by atoms with van der Waals surface area (Å²) in [6.07, 6.45) is 0.416. The van der Waals surface area contributed by atoms with Gasteiger partial charge in [-0.25, -0.2) is 0 Å². The molecule has 3 aromatic carbocycles. The lowest BCUT2D eigenvalue weighted by Gasteiger charge is -2.43. The summed E-state index contributed by atoms with van der Waals surface area (Å²) < 4.78 is 0. The van der Waals surface area contributed by atoms with Gasteiger partial charge in [-0.15, -0.1) is 0 Å². The number of hydrogen-bond acceptors (Lipinski definition) is 2. The van der Waals surface area contributed by atoms with E-state index in [0.717, 1.165) is 33.9 Å². The third-order valence-corrected chi connectivity index (χ3v) is 6.15. The molecule has 0 bridgehead atoms. The number of aryl methyl sites for hydroxylation is 1. The fourth-order valence-corrected chi connectivity index (χ4v) is 4.46. The van der Waals surface area contributed by atoms with Gasteiger partial charge in [-0.05, 0) is 47.9 Å². The van der Waals surface area contributed by atoms with Crippen molar-refractivity contribution in [1.29, 1.82) is 0 Å². The first-order valence-corrected chi connectivity index (χ1v) is 10.9. The van der Waals surface area contributed by atoms with Crippen LogP contribution in [0.25, 0.3) is 0 Å². The van der Waals surface area contributed by atoms with Crippen LogP contribution >= 0.6 is 23.2 Å². The van der Waals surface area contributed by atoms with E-state index in [1.807, 2.05) is 72.5 Å². The Bertz CT molecular complexity index is 1020. The maximum atomic E-state index is 13.0. The molecule has 154 valence electrons. The Labute approximate surface area is 187 Å². The number of halogens is 2. The van der Waals surface area contributed by atoms with Gasteiger partial charge in [0.2, 0.25) is 5.91 Å². The Balaban J connectivity index is 1.61. The smallest absolute Gasteiger partial charge is 0.227 e. The summed E-state index contributed by atoms with van der Waals surface area (Å²) in [5, 5.41) is 1.43. The van der Waals surface area contributed by atoms with Crippen LogP contribution in [0.1, 0.15) is 22.7 Å². The van der Waals surface area contributed by atoms with E-state index in [1.54, 1.807) is 0 Å². The first-order valence-electron chi connectivity index (χ1n) is 10.1. The van der Waals surface area contributed by atoms with E-state index in [9.17, 15) is 4.79 Å². The van der Waals surface area contributed by atoms with Crippen molar-refractivity contribution in [3.8, 4) is 0 Å². The van der Waals surface area contributed by atoms with Crippen LogP contribution in [0.4, 0.5) is 5.69 Å². The van der Waals surface area contributed by atoms with Gasteiger partial charge in [0.1, 0.15) is 0 Å². The van der Waals surface area contributed by atoms with Gasteiger partial charge in [0, 0.05) is 24.7 Å². The van der Waals surface area contributed by atoms with E-state index in [2.05, 4.69) is 17.0 Å². The molecule has 1 fully saturated rings. The van der Waals surface area contributed by atoms with Crippen LogP contribution < -0.4 is 4.90 Å². The lowest BCUT2D eigenvalue weighted by molar-refractivity contribution is -0.131.